The fraction of sp³-hybridized carbons (Fsp3) is 0.357. The summed E-state index contributed by atoms with van der Waals surface area (Å²) in [5.74, 6) is -0.658. The van der Waals surface area contributed by atoms with Crippen LogP contribution in [0.1, 0.15) is 10.4 Å². The van der Waals surface area contributed by atoms with Crippen molar-refractivity contribution < 1.29 is 29.0 Å². The van der Waals surface area contributed by atoms with E-state index in [1.165, 1.54) is 37.5 Å². The number of ether oxygens (including phenoxy) is 3. The molecular formula is C14H15NO7. The van der Waals surface area contributed by atoms with Crippen LogP contribution in [0, 0.1) is 10.1 Å². The molecule has 2 rings (SSSR count). The molecule has 1 N–H and O–H groups in total. The Morgan fingerprint density at radius 2 is 2.05 bits per heavy atom. The van der Waals surface area contributed by atoms with E-state index in [9.17, 15) is 20.0 Å². The average Bonchev–Trinajstić information content (AvgIpc) is 2.54. The third-order valence-electron chi connectivity index (χ3n) is 3.08. The van der Waals surface area contributed by atoms with Crippen molar-refractivity contribution in [3.63, 3.8) is 0 Å². The van der Waals surface area contributed by atoms with E-state index in [4.69, 9.17) is 14.2 Å². The van der Waals surface area contributed by atoms with Crippen LogP contribution in [0.25, 0.3) is 0 Å². The summed E-state index contributed by atoms with van der Waals surface area (Å²) in [6.07, 6.45) is 0.806. The highest BCUT2D eigenvalue weighted by molar-refractivity contribution is 5.89. The van der Waals surface area contributed by atoms with Crippen LogP contribution in [-0.4, -0.2) is 48.2 Å². The van der Waals surface area contributed by atoms with Gasteiger partial charge in [-0.1, -0.05) is 6.08 Å². The van der Waals surface area contributed by atoms with Crippen LogP contribution in [0.3, 0.4) is 0 Å². The van der Waals surface area contributed by atoms with Gasteiger partial charge >= 0.3 is 5.97 Å². The molecule has 1 aliphatic rings. The molecule has 1 aliphatic heterocycles. The molecule has 8 nitrogen and oxygen atoms in total. The molecule has 22 heavy (non-hydrogen) atoms. The van der Waals surface area contributed by atoms with Crippen LogP contribution >= 0.6 is 0 Å². The fourth-order valence-corrected chi connectivity index (χ4v) is 1.86. The largest absolute Gasteiger partial charge is 0.459 e. The first-order valence-corrected chi connectivity index (χ1v) is 6.47. The van der Waals surface area contributed by atoms with Crippen LogP contribution in [0.4, 0.5) is 5.69 Å². The Morgan fingerprint density at radius 1 is 1.36 bits per heavy atom. The Hall–Kier alpha value is -2.29. The monoisotopic (exact) mass is 309 g/mol. The third-order valence-corrected chi connectivity index (χ3v) is 3.08. The van der Waals surface area contributed by atoms with Gasteiger partial charge in [-0.15, -0.1) is 0 Å². The van der Waals surface area contributed by atoms with Gasteiger partial charge in [0.15, 0.2) is 6.29 Å². The van der Waals surface area contributed by atoms with Crippen LogP contribution in [0.5, 0.6) is 0 Å². The van der Waals surface area contributed by atoms with Gasteiger partial charge in [-0.25, -0.2) is 4.79 Å². The first-order chi connectivity index (χ1) is 10.5. The summed E-state index contributed by atoms with van der Waals surface area (Å²) in [4.78, 5) is 21.8. The highest BCUT2D eigenvalue weighted by Crippen LogP contribution is 2.16. The smallest absolute Gasteiger partial charge is 0.338 e. The minimum atomic E-state index is -0.906. The van der Waals surface area contributed by atoms with Gasteiger partial charge in [0.25, 0.3) is 5.69 Å². The number of aliphatic hydroxyl groups excluding tert-OH is 1. The Kier molecular flexibility index (Phi) is 5.21. The zero-order valence-corrected chi connectivity index (χ0v) is 11.7. The van der Waals surface area contributed by atoms with E-state index in [1.54, 1.807) is 6.08 Å². The summed E-state index contributed by atoms with van der Waals surface area (Å²) < 4.78 is 15.4. The number of hydrogen-bond donors (Lipinski definition) is 1. The van der Waals surface area contributed by atoms with E-state index < -0.39 is 29.4 Å². The van der Waals surface area contributed by atoms with Crippen LogP contribution in [0.2, 0.25) is 0 Å². The van der Waals surface area contributed by atoms with Crippen molar-refractivity contribution >= 4 is 11.7 Å². The summed E-state index contributed by atoms with van der Waals surface area (Å²) in [5.41, 5.74) is 0.0605. The second-order valence-corrected chi connectivity index (χ2v) is 4.56. The van der Waals surface area contributed by atoms with Crippen LogP contribution in [-0.2, 0) is 14.2 Å². The Bertz CT molecular complexity index is 569. The van der Waals surface area contributed by atoms with Crippen molar-refractivity contribution in [2.24, 2.45) is 0 Å². The van der Waals surface area contributed by atoms with Gasteiger partial charge in [0, 0.05) is 19.2 Å². The van der Waals surface area contributed by atoms with Crippen molar-refractivity contribution in [3.8, 4) is 0 Å². The third kappa shape index (κ3) is 3.88. The number of carbonyl (C=O) groups excluding carboxylic acids is 1. The second kappa shape index (κ2) is 7.12. The molecule has 0 aliphatic carbocycles. The number of aliphatic hydroxyl groups is 1. The number of benzene rings is 1. The van der Waals surface area contributed by atoms with Gasteiger partial charge in [0.05, 0.1) is 10.5 Å². The standard InChI is InChI=1S/C14H15NO7/c1-20-13-7-6-11(16)12(22-13)8-21-14(17)9-2-4-10(5-3-9)15(18)19/h2-7,11-13,16H,8H2,1H3/t11-,12+,13-/m0/s1. The number of nitro groups is 1. The molecular weight excluding hydrogens is 294 g/mol. The van der Waals surface area contributed by atoms with E-state index in [0.29, 0.717) is 0 Å². The topological polar surface area (TPSA) is 108 Å². The lowest BCUT2D eigenvalue weighted by Gasteiger charge is -2.28. The van der Waals surface area contributed by atoms with Gasteiger partial charge in [-0.05, 0) is 18.2 Å². The predicted molar refractivity (Wildman–Crippen MR) is 74.2 cm³/mol. The minimum Gasteiger partial charge on any atom is -0.459 e. The van der Waals surface area contributed by atoms with Gasteiger partial charge in [0.1, 0.15) is 18.8 Å². The summed E-state index contributed by atoms with van der Waals surface area (Å²) in [5, 5.41) is 20.3. The number of nitrogens with zero attached hydrogens (tertiary/aromatic N) is 1. The summed E-state index contributed by atoms with van der Waals surface area (Å²) in [7, 11) is 1.45. The number of methoxy groups -OCH3 is 1. The van der Waals surface area contributed by atoms with Crippen LogP contribution in [0.15, 0.2) is 36.4 Å². The van der Waals surface area contributed by atoms with Gasteiger partial charge in [-0.3, -0.25) is 10.1 Å². The van der Waals surface area contributed by atoms with Crippen molar-refractivity contribution in [2.45, 2.75) is 18.5 Å². The Balaban J connectivity index is 1.92. The molecule has 0 bridgehead atoms. The molecule has 0 saturated heterocycles. The highest BCUT2D eigenvalue weighted by Gasteiger charge is 2.27. The highest BCUT2D eigenvalue weighted by atomic mass is 16.7. The lowest BCUT2D eigenvalue weighted by atomic mass is 10.1. The minimum absolute atomic E-state index is 0.115. The summed E-state index contributed by atoms with van der Waals surface area (Å²) >= 11 is 0. The predicted octanol–water partition coefficient (Wildman–Crippen LogP) is 1.04. The fourth-order valence-electron chi connectivity index (χ4n) is 1.86. The van der Waals surface area contributed by atoms with Crippen molar-refractivity contribution in [2.75, 3.05) is 13.7 Å². The van der Waals surface area contributed by atoms with E-state index >= 15 is 0 Å². The molecule has 8 heteroatoms. The average molecular weight is 309 g/mol. The van der Waals surface area contributed by atoms with Crippen molar-refractivity contribution in [1.82, 2.24) is 0 Å². The maximum atomic E-state index is 11.8. The zero-order valence-electron chi connectivity index (χ0n) is 11.7. The zero-order chi connectivity index (χ0) is 16.1. The molecule has 0 amide bonds. The number of carbonyl (C=O) groups is 1. The Labute approximate surface area is 126 Å². The number of esters is 1. The Morgan fingerprint density at radius 3 is 2.64 bits per heavy atom. The SMILES string of the molecule is CO[C@@H]1C=C[C@H](O)[C@@H](COC(=O)c2ccc([N+](=O)[O-])cc2)O1. The normalized spacial score (nSPS) is 24.0. The second-order valence-electron chi connectivity index (χ2n) is 4.56. The van der Waals surface area contributed by atoms with Gasteiger partial charge in [-0.2, -0.15) is 0 Å². The van der Waals surface area contributed by atoms with Crippen molar-refractivity contribution in [3.05, 3.63) is 52.1 Å². The van der Waals surface area contributed by atoms with E-state index in [2.05, 4.69) is 0 Å². The molecule has 3 atom stereocenters. The number of non-ortho nitro benzene ring substituents is 1. The first kappa shape index (κ1) is 16.1. The van der Waals surface area contributed by atoms with E-state index in [0.717, 1.165) is 0 Å². The maximum Gasteiger partial charge on any atom is 0.338 e. The summed E-state index contributed by atoms with van der Waals surface area (Å²) in [6.45, 7) is -0.165. The lowest BCUT2D eigenvalue weighted by Crippen LogP contribution is -2.39. The molecule has 0 unspecified atom stereocenters. The number of nitro benzene ring substituents is 1. The maximum absolute atomic E-state index is 11.8. The molecule has 0 saturated carbocycles. The van der Waals surface area contributed by atoms with E-state index in [1.807, 2.05) is 0 Å². The summed E-state index contributed by atoms with van der Waals surface area (Å²) in [6, 6.07) is 5.03. The molecule has 1 aromatic rings. The number of hydrogen-bond acceptors (Lipinski definition) is 7. The van der Waals surface area contributed by atoms with E-state index in [-0.39, 0.29) is 17.9 Å². The van der Waals surface area contributed by atoms with Crippen LogP contribution < -0.4 is 0 Å². The van der Waals surface area contributed by atoms with Crippen molar-refractivity contribution in [1.29, 1.82) is 0 Å². The molecule has 1 aromatic carbocycles. The molecule has 118 valence electrons. The molecule has 0 radical (unpaired) electrons. The molecule has 0 spiro atoms. The lowest BCUT2D eigenvalue weighted by molar-refractivity contribution is -0.384. The quantitative estimate of drug-likeness (QED) is 0.374. The molecule has 1 heterocycles. The number of rotatable bonds is 5. The molecule has 0 aromatic heterocycles. The van der Waals surface area contributed by atoms with Gasteiger partial charge in [0.2, 0.25) is 0 Å². The van der Waals surface area contributed by atoms with Gasteiger partial charge < -0.3 is 19.3 Å². The first-order valence-electron chi connectivity index (χ1n) is 6.47. The molecule has 0 fully saturated rings.